The summed E-state index contributed by atoms with van der Waals surface area (Å²) >= 11 is 0. The maximum Gasteiger partial charge on any atom is 0.0187 e. The van der Waals surface area contributed by atoms with Gasteiger partial charge in [-0.3, -0.25) is 0 Å². The zero-order valence-corrected chi connectivity index (χ0v) is 7.76. The molecule has 0 saturated heterocycles. The Bertz CT molecular complexity index is 195. The second-order valence-corrected chi connectivity index (χ2v) is 5.37. The molecule has 0 aromatic carbocycles. The van der Waals surface area contributed by atoms with E-state index in [1.165, 1.54) is 44.9 Å². The highest BCUT2D eigenvalue weighted by Crippen LogP contribution is 2.55. The van der Waals surface area contributed by atoms with Gasteiger partial charge in [-0.1, -0.05) is 19.3 Å². The van der Waals surface area contributed by atoms with Gasteiger partial charge in [-0.2, -0.15) is 0 Å². The largest absolute Gasteiger partial charge is 0.325 e. The molecule has 68 valence electrons. The van der Waals surface area contributed by atoms with Crippen molar-refractivity contribution in [2.24, 2.45) is 23.5 Å². The van der Waals surface area contributed by atoms with E-state index in [1.807, 2.05) is 0 Å². The Morgan fingerprint density at radius 3 is 2.58 bits per heavy atom. The lowest BCUT2D eigenvalue weighted by atomic mass is 9.83. The Hall–Kier alpha value is -0.0400. The third kappa shape index (κ3) is 0.953. The third-order valence-electron chi connectivity index (χ3n) is 4.55. The van der Waals surface area contributed by atoms with Gasteiger partial charge in [-0.25, -0.2) is 0 Å². The quantitative estimate of drug-likeness (QED) is 0.634. The molecular formula is C11H19N. The van der Waals surface area contributed by atoms with Crippen molar-refractivity contribution >= 4 is 0 Å². The van der Waals surface area contributed by atoms with Crippen molar-refractivity contribution in [2.45, 2.75) is 50.5 Å². The Kier molecular flexibility index (Phi) is 1.39. The van der Waals surface area contributed by atoms with Gasteiger partial charge in [0, 0.05) is 5.54 Å². The number of nitrogens with two attached hydrogens (primary N) is 1. The first-order chi connectivity index (χ1) is 5.78. The van der Waals surface area contributed by atoms with Gasteiger partial charge in [-0.05, 0) is 43.4 Å². The van der Waals surface area contributed by atoms with Crippen LogP contribution >= 0.6 is 0 Å². The van der Waals surface area contributed by atoms with E-state index in [2.05, 4.69) is 0 Å². The number of fused-ring (bicyclic) bond motifs is 2. The molecule has 1 nitrogen and oxygen atoms in total. The van der Waals surface area contributed by atoms with Crippen LogP contribution in [0.15, 0.2) is 0 Å². The Morgan fingerprint density at radius 2 is 1.92 bits per heavy atom. The number of hydrogen-bond acceptors (Lipinski definition) is 1. The molecule has 0 aromatic heterocycles. The minimum Gasteiger partial charge on any atom is -0.325 e. The summed E-state index contributed by atoms with van der Waals surface area (Å²) in [6.45, 7) is 0. The number of hydrogen-bond donors (Lipinski definition) is 1. The van der Waals surface area contributed by atoms with Crippen molar-refractivity contribution in [3.63, 3.8) is 0 Å². The average molecular weight is 165 g/mol. The summed E-state index contributed by atoms with van der Waals surface area (Å²) in [4.78, 5) is 0. The van der Waals surface area contributed by atoms with Crippen molar-refractivity contribution in [3.05, 3.63) is 0 Å². The van der Waals surface area contributed by atoms with Crippen LogP contribution < -0.4 is 5.73 Å². The monoisotopic (exact) mass is 165 g/mol. The molecular weight excluding hydrogens is 146 g/mol. The highest BCUT2D eigenvalue weighted by molar-refractivity contribution is 5.09. The van der Waals surface area contributed by atoms with E-state index in [9.17, 15) is 0 Å². The fourth-order valence-corrected chi connectivity index (χ4v) is 3.68. The molecule has 2 N–H and O–H groups in total. The van der Waals surface area contributed by atoms with Crippen molar-refractivity contribution in [1.82, 2.24) is 0 Å². The van der Waals surface area contributed by atoms with Crippen LogP contribution in [0.1, 0.15) is 44.9 Å². The van der Waals surface area contributed by atoms with Crippen molar-refractivity contribution < 1.29 is 0 Å². The zero-order chi connectivity index (χ0) is 8.18. The lowest BCUT2D eigenvalue weighted by molar-refractivity contribution is 0.284. The van der Waals surface area contributed by atoms with E-state index in [0.717, 1.165) is 17.8 Å². The van der Waals surface area contributed by atoms with Gasteiger partial charge in [0.15, 0.2) is 0 Å². The molecule has 0 aliphatic heterocycles. The first-order valence-corrected chi connectivity index (χ1v) is 5.57. The second kappa shape index (κ2) is 2.25. The van der Waals surface area contributed by atoms with Gasteiger partial charge in [0.1, 0.15) is 0 Å². The molecule has 2 bridgehead atoms. The molecule has 1 heteroatoms. The molecule has 3 atom stereocenters. The molecule has 3 unspecified atom stereocenters. The first kappa shape index (κ1) is 7.37. The normalized spacial score (nSPS) is 49.2. The molecule has 0 aromatic rings. The van der Waals surface area contributed by atoms with E-state index in [4.69, 9.17) is 5.73 Å². The van der Waals surface area contributed by atoms with Crippen LogP contribution in [0.4, 0.5) is 0 Å². The lowest BCUT2D eigenvalue weighted by Gasteiger charge is -2.25. The fourth-order valence-electron chi connectivity index (χ4n) is 3.68. The smallest absolute Gasteiger partial charge is 0.0187 e. The van der Waals surface area contributed by atoms with Crippen LogP contribution in [0.25, 0.3) is 0 Å². The highest BCUT2D eigenvalue weighted by atomic mass is 14.8. The highest BCUT2D eigenvalue weighted by Gasteiger charge is 2.52. The fraction of sp³-hybridized carbons (Fsp3) is 1.00. The van der Waals surface area contributed by atoms with E-state index >= 15 is 0 Å². The average Bonchev–Trinajstić information content (AvgIpc) is 2.74. The summed E-state index contributed by atoms with van der Waals surface area (Å²) in [5.74, 6) is 3.01. The Balaban J connectivity index is 1.79. The van der Waals surface area contributed by atoms with Gasteiger partial charge in [-0.15, -0.1) is 0 Å². The van der Waals surface area contributed by atoms with Crippen LogP contribution in [0, 0.1) is 17.8 Å². The molecule has 3 aliphatic rings. The standard InChI is InChI=1S/C11H19N/c12-11(4-5-11)10-7-8-2-1-3-9(10)6-8/h8-10H,1-7,12H2. The lowest BCUT2D eigenvalue weighted by Crippen LogP contribution is -2.34. The molecule has 0 amide bonds. The summed E-state index contributed by atoms with van der Waals surface area (Å²) in [7, 11) is 0. The van der Waals surface area contributed by atoms with Gasteiger partial charge < -0.3 is 5.73 Å². The van der Waals surface area contributed by atoms with E-state index in [0.29, 0.717) is 5.54 Å². The summed E-state index contributed by atoms with van der Waals surface area (Å²) in [6, 6.07) is 0. The molecule has 3 aliphatic carbocycles. The van der Waals surface area contributed by atoms with E-state index in [-0.39, 0.29) is 0 Å². The minimum absolute atomic E-state index is 0.323. The zero-order valence-electron chi connectivity index (χ0n) is 7.76. The number of rotatable bonds is 1. The molecule has 3 fully saturated rings. The molecule has 3 saturated carbocycles. The van der Waals surface area contributed by atoms with E-state index in [1.54, 1.807) is 0 Å². The second-order valence-electron chi connectivity index (χ2n) is 5.37. The maximum atomic E-state index is 6.31. The SMILES string of the molecule is NC1(C2CC3CCCC2C3)CC1. The molecule has 12 heavy (non-hydrogen) atoms. The first-order valence-electron chi connectivity index (χ1n) is 5.57. The summed E-state index contributed by atoms with van der Waals surface area (Å²) < 4.78 is 0. The van der Waals surface area contributed by atoms with Crippen molar-refractivity contribution in [2.75, 3.05) is 0 Å². The van der Waals surface area contributed by atoms with Crippen LogP contribution in [-0.2, 0) is 0 Å². The molecule has 0 spiro atoms. The third-order valence-corrected chi connectivity index (χ3v) is 4.55. The van der Waals surface area contributed by atoms with Gasteiger partial charge in [0.25, 0.3) is 0 Å². The van der Waals surface area contributed by atoms with Gasteiger partial charge >= 0.3 is 0 Å². The Labute approximate surface area is 74.7 Å². The molecule has 3 rings (SSSR count). The summed E-state index contributed by atoms with van der Waals surface area (Å²) in [5, 5.41) is 0. The van der Waals surface area contributed by atoms with Crippen LogP contribution in [0.3, 0.4) is 0 Å². The van der Waals surface area contributed by atoms with Gasteiger partial charge in [0.05, 0.1) is 0 Å². The minimum atomic E-state index is 0.323. The molecule has 0 heterocycles. The van der Waals surface area contributed by atoms with E-state index < -0.39 is 0 Å². The van der Waals surface area contributed by atoms with Crippen LogP contribution in [0.2, 0.25) is 0 Å². The van der Waals surface area contributed by atoms with Crippen molar-refractivity contribution in [1.29, 1.82) is 0 Å². The predicted octanol–water partition coefficient (Wildman–Crippen LogP) is 2.30. The maximum absolute atomic E-state index is 6.31. The predicted molar refractivity (Wildman–Crippen MR) is 49.7 cm³/mol. The van der Waals surface area contributed by atoms with Crippen molar-refractivity contribution in [3.8, 4) is 0 Å². The van der Waals surface area contributed by atoms with Crippen LogP contribution in [0.5, 0.6) is 0 Å². The Morgan fingerprint density at radius 1 is 1.08 bits per heavy atom. The molecule has 0 radical (unpaired) electrons. The summed E-state index contributed by atoms with van der Waals surface area (Å²) in [5.41, 5.74) is 6.63. The summed E-state index contributed by atoms with van der Waals surface area (Å²) in [6.07, 6.45) is 10.1. The topological polar surface area (TPSA) is 26.0 Å². The van der Waals surface area contributed by atoms with Crippen LogP contribution in [-0.4, -0.2) is 5.54 Å². The van der Waals surface area contributed by atoms with Gasteiger partial charge in [0.2, 0.25) is 0 Å².